The van der Waals surface area contributed by atoms with Gasteiger partial charge in [-0.05, 0) is 17.7 Å². The predicted octanol–water partition coefficient (Wildman–Crippen LogP) is 4.48. The lowest BCUT2D eigenvalue weighted by molar-refractivity contribution is -0.274. The van der Waals surface area contributed by atoms with Crippen LogP contribution in [0.15, 0.2) is 30.3 Å². The van der Waals surface area contributed by atoms with E-state index in [1.54, 1.807) is 24.3 Å². The molecule has 2 aromatic carbocycles. The number of benzene rings is 2. The van der Waals surface area contributed by atoms with Crippen molar-refractivity contribution in [3.8, 4) is 22.6 Å². The Hall–Kier alpha value is -2.33. The highest BCUT2D eigenvalue weighted by Crippen LogP contribution is 2.49. The SMILES string of the molecule is CC1(C)COc2c(-c3cccc(C4COCO4)c3OC(F)(F)F)cc(COCCO)cc21. The first-order valence-electron chi connectivity index (χ1n) is 10.3. The van der Waals surface area contributed by atoms with Crippen molar-refractivity contribution in [1.82, 2.24) is 0 Å². The summed E-state index contributed by atoms with van der Waals surface area (Å²) in [5.41, 5.74) is 2.28. The van der Waals surface area contributed by atoms with Crippen LogP contribution in [0.25, 0.3) is 11.1 Å². The molecule has 0 saturated carbocycles. The molecule has 2 aliphatic rings. The van der Waals surface area contributed by atoms with Crippen LogP contribution >= 0.6 is 0 Å². The smallest absolute Gasteiger partial charge is 0.492 e. The zero-order chi connectivity index (χ0) is 22.9. The summed E-state index contributed by atoms with van der Waals surface area (Å²) >= 11 is 0. The third-order valence-corrected chi connectivity index (χ3v) is 5.48. The molecule has 0 amide bonds. The molecule has 1 saturated heterocycles. The number of aliphatic hydroxyl groups excluding tert-OH is 1. The van der Waals surface area contributed by atoms with Crippen LogP contribution < -0.4 is 9.47 Å². The molecule has 6 nitrogen and oxygen atoms in total. The predicted molar refractivity (Wildman–Crippen MR) is 108 cm³/mol. The fourth-order valence-corrected chi connectivity index (χ4v) is 3.98. The zero-order valence-corrected chi connectivity index (χ0v) is 17.8. The van der Waals surface area contributed by atoms with E-state index in [9.17, 15) is 13.2 Å². The van der Waals surface area contributed by atoms with E-state index >= 15 is 0 Å². The third kappa shape index (κ3) is 4.71. The maximum absolute atomic E-state index is 13.4. The normalized spacial score (nSPS) is 19.6. The molecule has 2 heterocycles. The van der Waals surface area contributed by atoms with Crippen molar-refractivity contribution in [2.24, 2.45) is 0 Å². The van der Waals surface area contributed by atoms with Crippen molar-refractivity contribution in [3.05, 3.63) is 47.0 Å². The minimum absolute atomic E-state index is 0.00469. The molecule has 2 aromatic rings. The number of ether oxygens (including phenoxy) is 5. The molecule has 9 heteroatoms. The quantitative estimate of drug-likeness (QED) is 0.623. The van der Waals surface area contributed by atoms with E-state index in [0.29, 0.717) is 17.9 Å². The topological polar surface area (TPSA) is 66.4 Å². The Balaban J connectivity index is 1.87. The van der Waals surface area contributed by atoms with Gasteiger partial charge in [-0.25, -0.2) is 0 Å². The van der Waals surface area contributed by atoms with Crippen molar-refractivity contribution in [2.75, 3.05) is 33.2 Å². The number of hydrogen-bond donors (Lipinski definition) is 1. The molecule has 2 aliphatic heterocycles. The summed E-state index contributed by atoms with van der Waals surface area (Å²) in [6.07, 6.45) is -5.57. The number of alkyl halides is 3. The Morgan fingerprint density at radius 1 is 1.19 bits per heavy atom. The highest BCUT2D eigenvalue weighted by Gasteiger charge is 2.38. The second-order valence-corrected chi connectivity index (χ2v) is 8.38. The van der Waals surface area contributed by atoms with Gasteiger partial charge in [0.1, 0.15) is 24.4 Å². The number of para-hydroxylation sites is 1. The summed E-state index contributed by atoms with van der Waals surface area (Å²) < 4.78 is 66.8. The molecule has 1 atom stereocenters. The summed E-state index contributed by atoms with van der Waals surface area (Å²) in [4.78, 5) is 0. The summed E-state index contributed by atoms with van der Waals surface area (Å²) in [6, 6.07) is 8.46. The van der Waals surface area contributed by atoms with Crippen molar-refractivity contribution in [2.45, 2.75) is 38.3 Å². The maximum atomic E-state index is 13.4. The lowest BCUT2D eigenvalue weighted by atomic mass is 9.84. The monoisotopic (exact) mass is 454 g/mol. The van der Waals surface area contributed by atoms with Gasteiger partial charge >= 0.3 is 6.36 Å². The largest absolute Gasteiger partial charge is 0.573 e. The van der Waals surface area contributed by atoms with Gasteiger partial charge in [-0.1, -0.05) is 32.0 Å². The lowest BCUT2D eigenvalue weighted by Crippen LogP contribution is -2.20. The number of rotatable bonds is 7. The van der Waals surface area contributed by atoms with Crippen molar-refractivity contribution in [1.29, 1.82) is 0 Å². The number of hydrogen-bond acceptors (Lipinski definition) is 6. The summed E-state index contributed by atoms with van der Waals surface area (Å²) in [7, 11) is 0. The Kier molecular flexibility index (Phi) is 6.35. The molecular weight excluding hydrogens is 429 g/mol. The Morgan fingerprint density at radius 3 is 2.69 bits per heavy atom. The van der Waals surface area contributed by atoms with E-state index in [1.165, 1.54) is 0 Å². The van der Waals surface area contributed by atoms with Gasteiger partial charge in [-0.2, -0.15) is 0 Å². The number of halogens is 3. The number of fused-ring (bicyclic) bond motifs is 1. The van der Waals surface area contributed by atoms with Gasteiger partial charge in [-0.15, -0.1) is 13.2 Å². The van der Waals surface area contributed by atoms with Gasteiger partial charge in [-0.3, -0.25) is 0 Å². The minimum atomic E-state index is -4.89. The van der Waals surface area contributed by atoms with Gasteiger partial charge in [0.25, 0.3) is 0 Å². The maximum Gasteiger partial charge on any atom is 0.573 e. The van der Waals surface area contributed by atoms with Crippen LogP contribution in [0.2, 0.25) is 0 Å². The van der Waals surface area contributed by atoms with Crippen LogP contribution in [0.1, 0.15) is 36.6 Å². The van der Waals surface area contributed by atoms with Gasteiger partial charge in [0, 0.05) is 27.7 Å². The molecule has 1 N–H and O–H groups in total. The molecule has 0 bridgehead atoms. The Bertz CT molecular complexity index is 967. The number of aliphatic hydroxyl groups is 1. The van der Waals surface area contributed by atoms with E-state index in [0.717, 1.165) is 11.1 Å². The summed E-state index contributed by atoms with van der Waals surface area (Å²) in [5.74, 6) is 0.188. The lowest BCUT2D eigenvalue weighted by Gasteiger charge is -2.22. The van der Waals surface area contributed by atoms with Crippen LogP contribution in [0.5, 0.6) is 11.5 Å². The minimum Gasteiger partial charge on any atom is -0.492 e. The van der Waals surface area contributed by atoms with Crippen LogP contribution in [0, 0.1) is 0 Å². The van der Waals surface area contributed by atoms with Crippen LogP contribution in [0.4, 0.5) is 13.2 Å². The van der Waals surface area contributed by atoms with Crippen LogP contribution in [-0.2, 0) is 26.2 Å². The molecule has 0 aromatic heterocycles. The van der Waals surface area contributed by atoms with Gasteiger partial charge in [0.05, 0.1) is 33.0 Å². The molecule has 0 aliphatic carbocycles. The fourth-order valence-electron chi connectivity index (χ4n) is 3.98. The molecule has 4 rings (SSSR count). The average Bonchev–Trinajstić information content (AvgIpc) is 3.35. The van der Waals surface area contributed by atoms with Crippen molar-refractivity contribution in [3.63, 3.8) is 0 Å². The summed E-state index contributed by atoms with van der Waals surface area (Å²) in [5, 5.41) is 9.00. The Labute approximate surface area is 183 Å². The zero-order valence-electron chi connectivity index (χ0n) is 17.8. The first-order valence-corrected chi connectivity index (χ1v) is 10.3. The van der Waals surface area contributed by atoms with E-state index in [-0.39, 0.29) is 55.5 Å². The van der Waals surface area contributed by atoms with Crippen LogP contribution in [0.3, 0.4) is 0 Å². The highest BCUT2D eigenvalue weighted by molar-refractivity contribution is 5.80. The molecule has 32 heavy (non-hydrogen) atoms. The molecule has 0 spiro atoms. The van der Waals surface area contributed by atoms with E-state index in [1.807, 2.05) is 19.9 Å². The van der Waals surface area contributed by atoms with Gasteiger partial charge in [0.15, 0.2) is 0 Å². The molecule has 1 unspecified atom stereocenters. The second kappa shape index (κ2) is 8.90. The fraction of sp³-hybridized carbons (Fsp3) is 0.478. The van der Waals surface area contributed by atoms with E-state index < -0.39 is 12.5 Å². The molecular formula is C23H25F3O6. The van der Waals surface area contributed by atoms with Gasteiger partial charge in [0.2, 0.25) is 0 Å². The third-order valence-electron chi connectivity index (χ3n) is 5.48. The van der Waals surface area contributed by atoms with Crippen molar-refractivity contribution < 1.29 is 42.0 Å². The molecule has 0 radical (unpaired) electrons. The van der Waals surface area contributed by atoms with Crippen molar-refractivity contribution >= 4 is 0 Å². The van der Waals surface area contributed by atoms with E-state index in [2.05, 4.69) is 4.74 Å². The summed E-state index contributed by atoms with van der Waals surface area (Å²) in [6.45, 7) is 4.78. The first kappa shape index (κ1) is 22.8. The van der Waals surface area contributed by atoms with Gasteiger partial charge < -0.3 is 28.8 Å². The Morgan fingerprint density at radius 2 is 2.00 bits per heavy atom. The van der Waals surface area contributed by atoms with Crippen LogP contribution in [-0.4, -0.2) is 44.7 Å². The van der Waals surface area contributed by atoms with E-state index in [4.69, 9.17) is 24.1 Å². The standard InChI is InChI=1S/C23H25F3O6/c1-22(2)12-30-21-17(8-14(9-18(21)22)10-28-7-6-27)15-4-3-5-16(19-11-29-13-31-19)20(15)32-23(24,25)26/h3-5,8-9,19,27H,6-7,10-13H2,1-2H3. The second-order valence-electron chi connectivity index (χ2n) is 8.38. The average molecular weight is 454 g/mol. The first-order chi connectivity index (χ1) is 15.2. The highest BCUT2D eigenvalue weighted by atomic mass is 19.4. The molecule has 1 fully saturated rings. The molecule has 174 valence electrons.